The number of nitrogens with one attached hydrogen (secondary N) is 1. The number of benzene rings is 16. The summed E-state index contributed by atoms with van der Waals surface area (Å²) >= 11 is 6.01. The van der Waals surface area contributed by atoms with E-state index in [9.17, 15) is 0 Å². The average molecular weight is 1260 g/mol. The summed E-state index contributed by atoms with van der Waals surface area (Å²) in [5.41, 5.74) is 26.4. The Balaban J connectivity index is 0.000000127. The molecule has 0 aliphatic heterocycles. The van der Waals surface area contributed by atoms with Crippen molar-refractivity contribution in [1.29, 1.82) is 0 Å². The maximum Gasteiger partial charge on any atom is 0.0468 e. The van der Waals surface area contributed by atoms with Gasteiger partial charge in [0.25, 0.3) is 0 Å². The first-order valence-corrected chi connectivity index (χ1v) is 33.9. The van der Waals surface area contributed by atoms with Crippen LogP contribution in [-0.4, -0.2) is 0 Å². The van der Waals surface area contributed by atoms with E-state index in [2.05, 4.69) is 372 Å². The predicted molar refractivity (Wildman–Crippen MR) is 416 cm³/mol. The second kappa shape index (κ2) is 25.3. The predicted octanol–water partition coefficient (Wildman–Crippen LogP) is 26.8. The molecule has 0 aromatic heterocycles. The quantitative estimate of drug-likeness (QED) is 0.145. The van der Waals surface area contributed by atoms with E-state index in [4.69, 9.17) is 11.6 Å². The molecule has 16 aromatic carbocycles. The average Bonchev–Trinajstić information content (AvgIpc) is 1.65. The van der Waals surface area contributed by atoms with E-state index in [0.717, 1.165) is 33.5 Å². The van der Waals surface area contributed by atoms with Gasteiger partial charge in [0.05, 0.1) is 0 Å². The molecule has 0 saturated carbocycles. The van der Waals surface area contributed by atoms with E-state index in [1.165, 1.54) is 132 Å². The summed E-state index contributed by atoms with van der Waals surface area (Å²) in [6.45, 7) is 9.30. The van der Waals surface area contributed by atoms with E-state index in [-0.39, 0.29) is 10.8 Å². The zero-order valence-corrected chi connectivity index (χ0v) is 55.6. The Hall–Kier alpha value is -11.6. The summed E-state index contributed by atoms with van der Waals surface area (Å²) in [6.07, 6.45) is 0. The zero-order valence-electron chi connectivity index (χ0n) is 54.8. The van der Waals surface area contributed by atoms with Crippen LogP contribution in [0.1, 0.15) is 49.9 Å². The van der Waals surface area contributed by atoms with Crippen molar-refractivity contribution in [3.05, 3.63) is 379 Å². The van der Waals surface area contributed by atoms with Crippen LogP contribution >= 0.6 is 11.6 Å². The van der Waals surface area contributed by atoms with Gasteiger partial charge in [-0.05, 0) is 217 Å². The Morgan fingerprint density at radius 2 is 0.577 bits per heavy atom. The Kier molecular flexibility index (Phi) is 15.8. The molecular formula is C94H71ClN2. The van der Waals surface area contributed by atoms with Gasteiger partial charge in [-0.25, -0.2) is 0 Å². The van der Waals surface area contributed by atoms with Gasteiger partial charge in [-0.3, -0.25) is 0 Å². The minimum atomic E-state index is -0.0309. The standard InChI is InChI=1S/C47H35N.C27H23N.C20H13Cl/c1-47(2)45-19-11-10-18-42(45)44-31-38(28-29-46(44)47)48(36-24-20-33(21-25-36)32-12-4-3-5-13-32)37-26-22-34(23-27-37)43-30-35-14-6-7-15-39(35)40-16-8-9-17-41(40)43;1-27(2)25-11-7-6-10-23(25)24-18-22(16-17-26(24)27)28-21-14-12-20(13-15-21)19-8-4-3-5-9-19;21-16-11-9-14(10-12-16)20-13-15-5-1-2-6-17(15)18-7-3-4-8-19(18)20/h3-31H,1-2H3;3-18,28H,1-2H3;1-13H. The topological polar surface area (TPSA) is 15.3 Å². The number of anilines is 5. The van der Waals surface area contributed by atoms with Crippen molar-refractivity contribution in [3.63, 3.8) is 0 Å². The monoisotopic (exact) mass is 1260 g/mol. The van der Waals surface area contributed by atoms with E-state index < -0.39 is 0 Å². The minimum Gasteiger partial charge on any atom is -0.356 e. The van der Waals surface area contributed by atoms with E-state index in [1.54, 1.807) is 0 Å². The third-order valence-corrected chi connectivity index (χ3v) is 20.3. The molecule has 0 bridgehead atoms. The molecule has 0 heterocycles. The van der Waals surface area contributed by atoms with Crippen molar-refractivity contribution >= 4 is 83.1 Å². The lowest BCUT2D eigenvalue weighted by Gasteiger charge is -2.27. The molecule has 0 saturated heterocycles. The van der Waals surface area contributed by atoms with Gasteiger partial charge in [-0.1, -0.05) is 306 Å². The zero-order chi connectivity index (χ0) is 65.6. The SMILES string of the molecule is CC1(C)c2ccccc2-c2cc(N(c3ccc(-c4ccccc4)cc3)c3ccc(-c4cc5ccccc5c5ccccc45)cc3)ccc21.CC1(C)c2ccccc2-c2cc(Nc3ccc(-c4ccccc4)cc3)ccc21.Clc1ccc(-c2cc3ccccc3c3ccccc23)cc1. The lowest BCUT2D eigenvalue weighted by Crippen LogP contribution is -2.15. The Labute approximate surface area is 574 Å². The van der Waals surface area contributed by atoms with Crippen molar-refractivity contribution in [2.24, 2.45) is 0 Å². The van der Waals surface area contributed by atoms with E-state index in [0.29, 0.717) is 0 Å². The smallest absolute Gasteiger partial charge is 0.0468 e. The number of rotatable bonds is 9. The Morgan fingerprint density at radius 3 is 1.07 bits per heavy atom. The summed E-state index contributed by atoms with van der Waals surface area (Å²) in [4.78, 5) is 2.39. The Bertz CT molecular complexity index is 5580. The fourth-order valence-electron chi connectivity index (χ4n) is 15.1. The molecule has 2 aliphatic rings. The Morgan fingerprint density at radius 1 is 0.237 bits per heavy atom. The molecule has 0 fully saturated rings. The molecule has 0 atom stereocenters. The van der Waals surface area contributed by atoms with Crippen LogP contribution in [0.4, 0.5) is 28.4 Å². The maximum atomic E-state index is 6.01. The van der Waals surface area contributed by atoms with Gasteiger partial charge in [-0.2, -0.15) is 0 Å². The largest absolute Gasteiger partial charge is 0.356 e. The fourth-order valence-corrected chi connectivity index (χ4v) is 15.2. The number of halogens is 1. The van der Waals surface area contributed by atoms with Crippen LogP contribution in [-0.2, 0) is 10.8 Å². The van der Waals surface area contributed by atoms with Gasteiger partial charge < -0.3 is 10.2 Å². The molecule has 0 radical (unpaired) electrons. The summed E-state index contributed by atoms with van der Waals surface area (Å²) in [7, 11) is 0. The van der Waals surface area contributed by atoms with Crippen molar-refractivity contribution in [2.45, 2.75) is 38.5 Å². The van der Waals surface area contributed by atoms with Crippen LogP contribution in [0.2, 0.25) is 5.02 Å². The first-order valence-electron chi connectivity index (χ1n) is 33.6. The second-order valence-electron chi connectivity index (χ2n) is 26.6. The molecule has 18 rings (SSSR count). The molecule has 97 heavy (non-hydrogen) atoms. The lowest BCUT2D eigenvalue weighted by molar-refractivity contribution is 0.660. The van der Waals surface area contributed by atoms with Crippen LogP contribution in [0.15, 0.2) is 352 Å². The van der Waals surface area contributed by atoms with E-state index >= 15 is 0 Å². The molecular weight excluding hydrogens is 1190 g/mol. The fraction of sp³-hybridized carbons (Fsp3) is 0.0638. The van der Waals surface area contributed by atoms with Crippen molar-refractivity contribution in [3.8, 4) is 66.8 Å². The molecule has 0 unspecified atom stereocenters. The van der Waals surface area contributed by atoms with Gasteiger partial charge in [0, 0.05) is 44.3 Å². The third-order valence-electron chi connectivity index (χ3n) is 20.0. The van der Waals surface area contributed by atoms with Gasteiger partial charge in [0.2, 0.25) is 0 Å². The summed E-state index contributed by atoms with van der Waals surface area (Å²) in [5, 5.41) is 14.6. The lowest BCUT2D eigenvalue weighted by atomic mass is 9.82. The molecule has 464 valence electrons. The molecule has 3 heteroatoms. The van der Waals surface area contributed by atoms with Crippen LogP contribution < -0.4 is 10.2 Å². The third kappa shape index (κ3) is 11.4. The van der Waals surface area contributed by atoms with Crippen LogP contribution in [0.5, 0.6) is 0 Å². The first-order chi connectivity index (χ1) is 47.5. The highest BCUT2D eigenvalue weighted by atomic mass is 35.5. The highest BCUT2D eigenvalue weighted by Gasteiger charge is 2.37. The first kappa shape index (κ1) is 60.4. The van der Waals surface area contributed by atoms with Crippen molar-refractivity contribution < 1.29 is 0 Å². The number of hydrogen-bond acceptors (Lipinski definition) is 2. The van der Waals surface area contributed by atoms with Gasteiger partial charge in [0.1, 0.15) is 0 Å². The molecule has 1 N–H and O–H groups in total. The summed E-state index contributed by atoms with van der Waals surface area (Å²) < 4.78 is 0. The molecule has 2 nitrogen and oxygen atoms in total. The van der Waals surface area contributed by atoms with Crippen molar-refractivity contribution in [1.82, 2.24) is 0 Å². The normalized spacial score (nSPS) is 12.8. The van der Waals surface area contributed by atoms with Gasteiger partial charge in [0.15, 0.2) is 0 Å². The van der Waals surface area contributed by atoms with E-state index in [1.807, 2.05) is 18.2 Å². The highest BCUT2D eigenvalue weighted by Crippen LogP contribution is 2.52. The van der Waals surface area contributed by atoms with Gasteiger partial charge in [-0.15, -0.1) is 0 Å². The van der Waals surface area contributed by atoms with Gasteiger partial charge >= 0.3 is 0 Å². The second-order valence-corrected chi connectivity index (χ2v) is 27.0. The molecule has 0 amide bonds. The molecule has 16 aromatic rings. The van der Waals surface area contributed by atoms with Crippen LogP contribution in [0.25, 0.3) is 110 Å². The number of fused-ring (bicyclic) bond motifs is 12. The van der Waals surface area contributed by atoms with Crippen molar-refractivity contribution in [2.75, 3.05) is 10.2 Å². The minimum absolute atomic E-state index is 0.0309. The number of hydrogen-bond donors (Lipinski definition) is 1. The number of nitrogens with zero attached hydrogens (tertiary/aromatic N) is 1. The molecule has 0 spiro atoms. The molecule has 2 aliphatic carbocycles. The highest BCUT2D eigenvalue weighted by molar-refractivity contribution is 6.30. The maximum absolute atomic E-state index is 6.01. The van der Waals surface area contributed by atoms with Crippen LogP contribution in [0, 0.1) is 0 Å². The van der Waals surface area contributed by atoms with Crippen LogP contribution in [0.3, 0.4) is 0 Å². The summed E-state index contributed by atoms with van der Waals surface area (Å²) in [6, 6.07) is 126. The summed E-state index contributed by atoms with van der Waals surface area (Å²) in [5.74, 6) is 0.